The van der Waals surface area contributed by atoms with Crippen LogP contribution in [0.4, 0.5) is 5.69 Å². The van der Waals surface area contributed by atoms with Crippen LogP contribution in [0, 0.1) is 0 Å². The van der Waals surface area contributed by atoms with Gasteiger partial charge in [0.05, 0.1) is 25.8 Å². The summed E-state index contributed by atoms with van der Waals surface area (Å²) in [5.41, 5.74) is 1.45. The fourth-order valence-corrected chi connectivity index (χ4v) is 3.59. The van der Waals surface area contributed by atoms with Crippen molar-refractivity contribution in [2.75, 3.05) is 25.2 Å². The van der Waals surface area contributed by atoms with Crippen LogP contribution in [0.1, 0.15) is 23.9 Å². The minimum atomic E-state index is -0.480. The average molecular weight is 420 g/mol. The molecule has 0 spiro atoms. The summed E-state index contributed by atoms with van der Waals surface area (Å²) in [5.74, 6) is 1.55. The molecule has 1 N–H and O–H groups in total. The molecule has 3 aromatic rings. The zero-order valence-corrected chi connectivity index (χ0v) is 17.4. The lowest BCUT2D eigenvalue weighted by Crippen LogP contribution is -2.42. The molecule has 0 saturated heterocycles. The monoisotopic (exact) mass is 420 g/mol. The van der Waals surface area contributed by atoms with Gasteiger partial charge >= 0.3 is 0 Å². The summed E-state index contributed by atoms with van der Waals surface area (Å²) in [6.45, 7) is 0.173. The number of carbonyl (C=O) groups excluding carboxylic acids is 2. The lowest BCUT2D eigenvalue weighted by Gasteiger charge is -2.24. The number of para-hydroxylation sites is 2. The molecule has 2 amide bonds. The van der Waals surface area contributed by atoms with Gasteiger partial charge in [0.2, 0.25) is 11.8 Å². The van der Waals surface area contributed by atoms with Crippen LogP contribution in [0.5, 0.6) is 11.5 Å². The first kappa shape index (κ1) is 20.5. The molecular formula is C23H24N4O4. The number of nitrogens with zero attached hydrogens (tertiary/aromatic N) is 3. The summed E-state index contributed by atoms with van der Waals surface area (Å²) in [6, 6.07) is 14.2. The number of fused-ring (bicyclic) bond motifs is 1. The van der Waals surface area contributed by atoms with Crippen molar-refractivity contribution in [2.45, 2.75) is 12.5 Å². The Hall–Kier alpha value is -3.81. The van der Waals surface area contributed by atoms with Gasteiger partial charge in [-0.1, -0.05) is 24.3 Å². The lowest BCUT2D eigenvalue weighted by molar-refractivity contribution is -0.124. The quantitative estimate of drug-likeness (QED) is 0.662. The number of amides is 2. The average Bonchev–Trinajstić information content (AvgIpc) is 3.15. The van der Waals surface area contributed by atoms with Gasteiger partial charge in [-0.25, -0.2) is 4.98 Å². The first-order valence-electron chi connectivity index (χ1n) is 9.99. The Morgan fingerprint density at radius 1 is 1.23 bits per heavy atom. The second-order valence-electron chi connectivity index (χ2n) is 7.22. The summed E-state index contributed by atoms with van der Waals surface area (Å²) in [7, 11) is 3.48. The largest absolute Gasteiger partial charge is 0.497 e. The predicted octanol–water partition coefficient (Wildman–Crippen LogP) is 2.45. The van der Waals surface area contributed by atoms with Crippen molar-refractivity contribution in [3.8, 4) is 11.5 Å². The zero-order chi connectivity index (χ0) is 21.8. The first-order chi connectivity index (χ1) is 15.1. The van der Waals surface area contributed by atoms with Crippen LogP contribution in [0.25, 0.3) is 0 Å². The van der Waals surface area contributed by atoms with Gasteiger partial charge in [-0.2, -0.15) is 0 Å². The van der Waals surface area contributed by atoms with E-state index in [1.165, 1.54) is 4.90 Å². The number of imidazole rings is 1. The van der Waals surface area contributed by atoms with Crippen molar-refractivity contribution in [3.05, 3.63) is 72.3 Å². The number of hydrogen-bond donors (Lipinski definition) is 1. The minimum Gasteiger partial charge on any atom is -0.497 e. The van der Waals surface area contributed by atoms with Crippen LogP contribution in [0.2, 0.25) is 0 Å². The first-order valence-corrected chi connectivity index (χ1v) is 9.99. The van der Waals surface area contributed by atoms with E-state index < -0.39 is 6.04 Å². The van der Waals surface area contributed by atoms with Crippen LogP contribution in [0.3, 0.4) is 0 Å². The number of benzene rings is 2. The van der Waals surface area contributed by atoms with Crippen molar-refractivity contribution in [1.29, 1.82) is 0 Å². The van der Waals surface area contributed by atoms with Gasteiger partial charge in [0.25, 0.3) is 0 Å². The Bertz CT molecular complexity index is 1080. The normalized spacial score (nSPS) is 14.3. The molecule has 1 aliphatic heterocycles. The maximum absolute atomic E-state index is 13.1. The summed E-state index contributed by atoms with van der Waals surface area (Å²) in [5, 5.41) is 3.04. The number of rotatable bonds is 6. The van der Waals surface area contributed by atoms with Crippen molar-refractivity contribution < 1.29 is 19.1 Å². The van der Waals surface area contributed by atoms with Crippen LogP contribution < -0.4 is 19.7 Å². The van der Waals surface area contributed by atoms with E-state index in [1.54, 1.807) is 25.4 Å². The topological polar surface area (TPSA) is 85.7 Å². The van der Waals surface area contributed by atoms with Crippen molar-refractivity contribution in [2.24, 2.45) is 7.05 Å². The van der Waals surface area contributed by atoms with Gasteiger partial charge in [0.15, 0.2) is 0 Å². The Morgan fingerprint density at radius 2 is 2.00 bits per heavy atom. The summed E-state index contributed by atoms with van der Waals surface area (Å²) in [6.07, 6.45) is 3.72. The van der Waals surface area contributed by atoms with E-state index in [2.05, 4.69) is 10.3 Å². The number of methoxy groups -OCH3 is 1. The Labute approximate surface area is 180 Å². The number of aromatic nitrogens is 2. The highest BCUT2D eigenvalue weighted by molar-refractivity contribution is 6.00. The number of anilines is 1. The summed E-state index contributed by atoms with van der Waals surface area (Å²) < 4.78 is 12.8. The Kier molecular flexibility index (Phi) is 5.88. The van der Waals surface area contributed by atoms with Crippen molar-refractivity contribution in [1.82, 2.24) is 14.9 Å². The molecule has 4 rings (SSSR count). The SMILES string of the molecule is COc1ccc([C@@H](NC(=O)CN2C(=O)CCOc3ccccc32)c2nccn2C)cc1. The molecule has 2 heterocycles. The molecule has 0 saturated carbocycles. The molecule has 160 valence electrons. The number of nitrogens with one attached hydrogen (secondary N) is 1. The molecule has 0 radical (unpaired) electrons. The highest BCUT2D eigenvalue weighted by Crippen LogP contribution is 2.31. The van der Waals surface area contributed by atoms with E-state index in [0.29, 0.717) is 17.3 Å². The van der Waals surface area contributed by atoms with E-state index in [4.69, 9.17) is 9.47 Å². The molecule has 1 aliphatic rings. The van der Waals surface area contributed by atoms with Gasteiger partial charge in [0.1, 0.15) is 29.9 Å². The molecule has 0 unspecified atom stereocenters. The third-order valence-corrected chi connectivity index (χ3v) is 5.20. The lowest BCUT2D eigenvalue weighted by atomic mass is 10.1. The van der Waals surface area contributed by atoms with E-state index in [1.807, 2.05) is 54.2 Å². The number of hydrogen-bond acceptors (Lipinski definition) is 5. The van der Waals surface area contributed by atoms with Crippen LogP contribution >= 0.6 is 0 Å². The molecule has 0 bridgehead atoms. The van der Waals surface area contributed by atoms with Gasteiger partial charge < -0.3 is 19.4 Å². The summed E-state index contributed by atoms with van der Waals surface area (Å²) in [4.78, 5) is 31.6. The molecule has 0 fully saturated rings. The maximum Gasteiger partial charge on any atom is 0.240 e. The van der Waals surface area contributed by atoms with Gasteiger partial charge in [0, 0.05) is 19.4 Å². The molecule has 0 aliphatic carbocycles. The molecule has 8 nitrogen and oxygen atoms in total. The van der Waals surface area contributed by atoms with E-state index in [0.717, 1.165) is 11.3 Å². The second-order valence-corrected chi connectivity index (χ2v) is 7.22. The van der Waals surface area contributed by atoms with E-state index in [9.17, 15) is 9.59 Å². The fourth-order valence-electron chi connectivity index (χ4n) is 3.59. The van der Waals surface area contributed by atoms with Crippen molar-refractivity contribution in [3.63, 3.8) is 0 Å². The van der Waals surface area contributed by atoms with Gasteiger partial charge in [-0.15, -0.1) is 0 Å². The van der Waals surface area contributed by atoms with Crippen molar-refractivity contribution >= 4 is 17.5 Å². The second kappa shape index (κ2) is 8.91. The third-order valence-electron chi connectivity index (χ3n) is 5.20. The maximum atomic E-state index is 13.1. The Balaban J connectivity index is 1.59. The predicted molar refractivity (Wildman–Crippen MR) is 115 cm³/mol. The Morgan fingerprint density at radius 3 is 2.71 bits per heavy atom. The highest BCUT2D eigenvalue weighted by atomic mass is 16.5. The van der Waals surface area contributed by atoms with E-state index >= 15 is 0 Å². The van der Waals surface area contributed by atoms with Crippen LogP contribution in [-0.2, 0) is 16.6 Å². The molecule has 31 heavy (non-hydrogen) atoms. The third kappa shape index (κ3) is 4.37. The highest BCUT2D eigenvalue weighted by Gasteiger charge is 2.27. The smallest absolute Gasteiger partial charge is 0.240 e. The fraction of sp³-hybridized carbons (Fsp3) is 0.261. The number of ether oxygens (including phenoxy) is 2. The molecule has 1 atom stereocenters. The number of aryl methyl sites for hydroxylation is 1. The van der Waals surface area contributed by atoms with Crippen LogP contribution in [0.15, 0.2) is 60.9 Å². The molecule has 8 heteroatoms. The molecule has 2 aromatic carbocycles. The van der Waals surface area contributed by atoms with E-state index in [-0.39, 0.29) is 31.4 Å². The van der Waals surface area contributed by atoms with Gasteiger partial charge in [-0.3, -0.25) is 14.5 Å². The number of carbonyl (C=O) groups is 2. The van der Waals surface area contributed by atoms with Gasteiger partial charge in [-0.05, 0) is 29.8 Å². The molecule has 1 aromatic heterocycles. The van der Waals surface area contributed by atoms with Crippen LogP contribution in [-0.4, -0.2) is 41.6 Å². The standard InChI is InChI=1S/C23H24N4O4/c1-26-13-12-24-23(26)22(16-7-9-17(30-2)10-8-16)25-20(28)15-27-18-5-3-4-6-19(18)31-14-11-21(27)29/h3-10,12-13,22H,11,14-15H2,1-2H3,(H,25,28)/t22-/m1/s1. The minimum absolute atomic E-state index is 0.115. The summed E-state index contributed by atoms with van der Waals surface area (Å²) >= 11 is 0. The molecular weight excluding hydrogens is 396 g/mol. The zero-order valence-electron chi connectivity index (χ0n) is 17.4.